The van der Waals surface area contributed by atoms with Crippen LogP contribution in [0.4, 0.5) is 5.69 Å². The molecule has 0 saturated carbocycles. The molecule has 1 N–H and O–H groups in total. The molecule has 5 heteroatoms. The Balaban J connectivity index is 1.74. The zero-order valence-electron chi connectivity index (χ0n) is 11.5. The summed E-state index contributed by atoms with van der Waals surface area (Å²) >= 11 is 3.49. The Morgan fingerprint density at radius 2 is 1.81 bits per heavy atom. The van der Waals surface area contributed by atoms with Crippen molar-refractivity contribution in [3.63, 3.8) is 0 Å². The summed E-state index contributed by atoms with van der Waals surface area (Å²) in [7, 11) is 0. The minimum atomic E-state index is 0.488. The van der Waals surface area contributed by atoms with Crippen molar-refractivity contribution in [1.29, 1.82) is 0 Å². The number of nitrogens with one attached hydrogen (secondary N) is 1. The fourth-order valence-corrected chi connectivity index (χ4v) is 2.45. The maximum Gasteiger partial charge on any atom is 0.248 e. The molecule has 0 radical (unpaired) electrons. The van der Waals surface area contributed by atoms with Crippen LogP contribution >= 0.6 is 15.9 Å². The lowest BCUT2D eigenvalue weighted by molar-refractivity contribution is 0.514. The molecule has 0 atom stereocenters. The highest BCUT2D eigenvalue weighted by Gasteiger charge is 2.10. The fourth-order valence-electron chi connectivity index (χ4n) is 2.02. The molecular weight excluding hydrogens is 330 g/mol. The molecule has 0 bridgehead atoms. The normalized spacial score (nSPS) is 10.6. The van der Waals surface area contributed by atoms with E-state index in [0.29, 0.717) is 18.3 Å². The number of hydrogen-bond acceptors (Lipinski definition) is 4. The van der Waals surface area contributed by atoms with E-state index in [-0.39, 0.29) is 0 Å². The monoisotopic (exact) mass is 343 g/mol. The molecule has 0 amide bonds. The second-order valence-electron chi connectivity index (χ2n) is 4.65. The van der Waals surface area contributed by atoms with Gasteiger partial charge in [0.05, 0.1) is 6.54 Å². The first kappa shape index (κ1) is 13.8. The van der Waals surface area contributed by atoms with Gasteiger partial charge in [-0.25, -0.2) is 0 Å². The average Bonchev–Trinajstić information content (AvgIpc) is 2.96. The Hall–Kier alpha value is -2.14. The molecule has 3 aromatic rings. The van der Waals surface area contributed by atoms with Crippen LogP contribution in [-0.4, -0.2) is 10.2 Å². The summed E-state index contributed by atoms with van der Waals surface area (Å²) in [5.74, 6) is 1.11. The summed E-state index contributed by atoms with van der Waals surface area (Å²) in [4.78, 5) is 0. The van der Waals surface area contributed by atoms with E-state index in [1.807, 2.05) is 55.5 Å². The molecule has 0 aliphatic rings. The molecule has 2 aromatic carbocycles. The van der Waals surface area contributed by atoms with E-state index in [1.54, 1.807) is 0 Å². The van der Waals surface area contributed by atoms with Gasteiger partial charge >= 0.3 is 0 Å². The van der Waals surface area contributed by atoms with Gasteiger partial charge in [0.15, 0.2) is 0 Å². The summed E-state index contributed by atoms with van der Waals surface area (Å²) in [6, 6.07) is 15.9. The van der Waals surface area contributed by atoms with E-state index in [2.05, 4.69) is 31.4 Å². The number of benzene rings is 2. The first-order valence-electron chi connectivity index (χ1n) is 6.61. The largest absolute Gasteiger partial charge is 0.419 e. The van der Waals surface area contributed by atoms with E-state index in [9.17, 15) is 0 Å². The van der Waals surface area contributed by atoms with Gasteiger partial charge in [-0.1, -0.05) is 30.3 Å². The van der Waals surface area contributed by atoms with Crippen LogP contribution < -0.4 is 5.32 Å². The second-order valence-corrected chi connectivity index (χ2v) is 5.50. The third-order valence-electron chi connectivity index (χ3n) is 3.15. The molecule has 106 valence electrons. The highest BCUT2D eigenvalue weighted by Crippen LogP contribution is 2.24. The molecule has 3 rings (SSSR count). The van der Waals surface area contributed by atoms with E-state index in [4.69, 9.17) is 4.42 Å². The fraction of sp³-hybridized carbons (Fsp3) is 0.125. The summed E-state index contributed by atoms with van der Waals surface area (Å²) in [5.41, 5.74) is 3.08. The molecule has 0 spiro atoms. The Labute approximate surface area is 131 Å². The zero-order valence-corrected chi connectivity index (χ0v) is 13.1. The van der Waals surface area contributed by atoms with Crippen molar-refractivity contribution in [1.82, 2.24) is 10.2 Å². The van der Waals surface area contributed by atoms with Crippen molar-refractivity contribution in [2.45, 2.75) is 13.5 Å². The van der Waals surface area contributed by atoms with Crippen LogP contribution in [-0.2, 0) is 6.54 Å². The topological polar surface area (TPSA) is 51.0 Å². The van der Waals surface area contributed by atoms with Crippen LogP contribution in [0.5, 0.6) is 0 Å². The molecule has 0 aliphatic carbocycles. The van der Waals surface area contributed by atoms with Gasteiger partial charge in [-0.15, -0.1) is 10.2 Å². The van der Waals surface area contributed by atoms with E-state index in [0.717, 1.165) is 21.3 Å². The molecule has 1 aromatic heterocycles. The second kappa shape index (κ2) is 6.10. The highest BCUT2D eigenvalue weighted by molar-refractivity contribution is 9.10. The Bertz CT molecular complexity index is 755. The third-order valence-corrected chi connectivity index (χ3v) is 3.84. The molecule has 0 aliphatic heterocycles. The van der Waals surface area contributed by atoms with Crippen molar-refractivity contribution in [3.05, 3.63) is 64.5 Å². The van der Waals surface area contributed by atoms with E-state index >= 15 is 0 Å². The van der Waals surface area contributed by atoms with Crippen LogP contribution in [0.15, 0.2) is 57.4 Å². The maximum atomic E-state index is 5.71. The van der Waals surface area contributed by atoms with Gasteiger partial charge in [0.2, 0.25) is 11.8 Å². The minimum absolute atomic E-state index is 0.488. The Kier molecular flexibility index (Phi) is 4.01. The van der Waals surface area contributed by atoms with Crippen LogP contribution in [0.25, 0.3) is 11.5 Å². The Morgan fingerprint density at radius 1 is 1.05 bits per heavy atom. The lowest BCUT2D eigenvalue weighted by atomic mass is 10.1. The van der Waals surface area contributed by atoms with Crippen LogP contribution in [0, 0.1) is 6.92 Å². The molecule has 1 heterocycles. The first-order valence-corrected chi connectivity index (χ1v) is 7.40. The molecule has 0 saturated heterocycles. The van der Waals surface area contributed by atoms with Gasteiger partial charge in [-0.3, -0.25) is 0 Å². The van der Waals surface area contributed by atoms with Gasteiger partial charge in [0, 0.05) is 15.7 Å². The summed E-state index contributed by atoms with van der Waals surface area (Å²) in [5, 5.41) is 11.5. The SMILES string of the molecule is Cc1ccccc1-c1nnc(CNc2ccccc2Br)o1. The summed E-state index contributed by atoms with van der Waals surface area (Å²) < 4.78 is 6.72. The highest BCUT2D eigenvalue weighted by atomic mass is 79.9. The summed E-state index contributed by atoms with van der Waals surface area (Å²) in [6.45, 7) is 2.51. The van der Waals surface area contributed by atoms with Crippen molar-refractivity contribution in [2.24, 2.45) is 0 Å². The Morgan fingerprint density at radius 3 is 2.62 bits per heavy atom. The van der Waals surface area contributed by atoms with Crippen molar-refractivity contribution in [3.8, 4) is 11.5 Å². The number of hydrogen-bond donors (Lipinski definition) is 1. The van der Waals surface area contributed by atoms with Gasteiger partial charge < -0.3 is 9.73 Å². The number of para-hydroxylation sites is 1. The quantitative estimate of drug-likeness (QED) is 0.761. The smallest absolute Gasteiger partial charge is 0.248 e. The number of halogens is 1. The van der Waals surface area contributed by atoms with Crippen LogP contribution in [0.1, 0.15) is 11.5 Å². The minimum Gasteiger partial charge on any atom is -0.419 e. The van der Waals surface area contributed by atoms with Crippen LogP contribution in [0.2, 0.25) is 0 Å². The van der Waals surface area contributed by atoms with Gasteiger partial charge in [-0.2, -0.15) is 0 Å². The van der Waals surface area contributed by atoms with E-state index in [1.165, 1.54) is 0 Å². The maximum absolute atomic E-state index is 5.71. The number of aryl methyl sites for hydroxylation is 1. The number of rotatable bonds is 4. The zero-order chi connectivity index (χ0) is 14.7. The molecule has 0 fully saturated rings. The average molecular weight is 344 g/mol. The van der Waals surface area contributed by atoms with Crippen molar-refractivity contribution >= 4 is 21.6 Å². The predicted octanol–water partition coefficient (Wildman–Crippen LogP) is 4.42. The van der Waals surface area contributed by atoms with E-state index < -0.39 is 0 Å². The predicted molar refractivity (Wildman–Crippen MR) is 85.9 cm³/mol. The molecule has 0 unspecified atom stereocenters. The number of nitrogens with zero attached hydrogens (tertiary/aromatic N) is 2. The van der Waals surface area contributed by atoms with Gasteiger partial charge in [0.25, 0.3) is 0 Å². The third kappa shape index (κ3) is 3.13. The summed E-state index contributed by atoms with van der Waals surface area (Å²) in [6.07, 6.45) is 0. The lowest BCUT2D eigenvalue weighted by Crippen LogP contribution is -2.00. The molecular formula is C16H14BrN3O. The molecule has 21 heavy (non-hydrogen) atoms. The van der Waals surface area contributed by atoms with Crippen LogP contribution in [0.3, 0.4) is 0 Å². The standard InChI is InChI=1S/C16H14BrN3O/c1-11-6-2-3-7-12(11)16-20-19-15(21-16)10-18-14-9-5-4-8-13(14)17/h2-9,18H,10H2,1H3. The van der Waals surface area contributed by atoms with Crippen molar-refractivity contribution < 1.29 is 4.42 Å². The van der Waals surface area contributed by atoms with Crippen molar-refractivity contribution in [2.75, 3.05) is 5.32 Å². The first-order chi connectivity index (χ1) is 10.2. The lowest BCUT2D eigenvalue weighted by Gasteiger charge is -2.05. The van der Waals surface area contributed by atoms with Gasteiger partial charge in [0.1, 0.15) is 0 Å². The van der Waals surface area contributed by atoms with Gasteiger partial charge in [-0.05, 0) is 46.6 Å². The molecule has 4 nitrogen and oxygen atoms in total. The number of aromatic nitrogens is 2. The number of anilines is 1.